The number of rotatable bonds is 2. The Morgan fingerprint density at radius 3 is 2.95 bits per heavy atom. The zero-order valence-electron chi connectivity index (χ0n) is 10.8. The summed E-state index contributed by atoms with van der Waals surface area (Å²) in [6.07, 6.45) is 1.35. The van der Waals surface area contributed by atoms with Gasteiger partial charge in [0.15, 0.2) is 9.84 Å². The van der Waals surface area contributed by atoms with E-state index < -0.39 is 15.1 Å². The lowest BCUT2D eigenvalue weighted by atomic mass is 10.2. The molecule has 1 aliphatic rings. The molecule has 104 valence electrons. The van der Waals surface area contributed by atoms with E-state index in [4.69, 9.17) is 11.0 Å². The van der Waals surface area contributed by atoms with Crippen LogP contribution in [-0.4, -0.2) is 29.0 Å². The number of anilines is 1. The van der Waals surface area contributed by atoms with E-state index in [-0.39, 0.29) is 11.7 Å². The van der Waals surface area contributed by atoms with E-state index in [9.17, 15) is 8.42 Å². The van der Waals surface area contributed by atoms with Crippen LogP contribution in [0.25, 0.3) is 11.0 Å². The Bertz CT molecular complexity index is 817. The number of nitrogens with zero attached hydrogens (tertiary/aromatic N) is 3. The van der Waals surface area contributed by atoms with Crippen LogP contribution >= 0.6 is 0 Å². The standard InChI is InChI=1S/C13H14N4O2S/c14-7-9-3-1-5-11-12(9)16-13(15)17(11)8-10-4-2-6-20(10,18)19/h1,3,5,10H,2,4,6,8H2,(H2,15,16). The molecular formula is C13H14N4O2S. The molecule has 1 aliphatic heterocycles. The fraction of sp³-hybridized carbons (Fsp3) is 0.385. The molecule has 3 rings (SSSR count). The predicted molar refractivity (Wildman–Crippen MR) is 75.7 cm³/mol. The smallest absolute Gasteiger partial charge is 0.201 e. The van der Waals surface area contributed by atoms with Gasteiger partial charge in [-0.3, -0.25) is 0 Å². The number of imidazole rings is 1. The van der Waals surface area contributed by atoms with Gasteiger partial charge >= 0.3 is 0 Å². The van der Waals surface area contributed by atoms with Gasteiger partial charge in [-0.15, -0.1) is 0 Å². The molecule has 2 heterocycles. The minimum absolute atomic E-state index is 0.244. The maximum atomic E-state index is 11.9. The minimum atomic E-state index is -3.03. The van der Waals surface area contributed by atoms with E-state index >= 15 is 0 Å². The second kappa shape index (κ2) is 4.49. The van der Waals surface area contributed by atoms with E-state index in [0.29, 0.717) is 36.0 Å². The molecule has 0 spiro atoms. The molecule has 6 nitrogen and oxygen atoms in total. The second-order valence-corrected chi connectivity index (χ2v) is 7.40. The molecule has 0 amide bonds. The van der Waals surface area contributed by atoms with Crippen LogP contribution in [0.5, 0.6) is 0 Å². The van der Waals surface area contributed by atoms with Gasteiger partial charge < -0.3 is 10.3 Å². The minimum Gasteiger partial charge on any atom is -0.369 e. The second-order valence-electron chi connectivity index (χ2n) is 5.00. The number of nitrogens with two attached hydrogens (primary N) is 1. The average Bonchev–Trinajstić information content (AvgIpc) is 2.91. The van der Waals surface area contributed by atoms with Crippen molar-refractivity contribution >= 4 is 26.8 Å². The van der Waals surface area contributed by atoms with Crippen LogP contribution in [-0.2, 0) is 16.4 Å². The molecule has 1 fully saturated rings. The predicted octanol–water partition coefficient (Wildman–Crippen LogP) is 1.07. The van der Waals surface area contributed by atoms with Crippen molar-refractivity contribution in [2.24, 2.45) is 0 Å². The monoisotopic (exact) mass is 290 g/mol. The number of hydrogen-bond acceptors (Lipinski definition) is 5. The number of fused-ring (bicyclic) bond motifs is 1. The summed E-state index contributed by atoms with van der Waals surface area (Å²) in [6, 6.07) is 7.30. The number of benzene rings is 1. The van der Waals surface area contributed by atoms with E-state index in [1.54, 1.807) is 22.8 Å². The molecule has 7 heteroatoms. The maximum absolute atomic E-state index is 11.9. The van der Waals surface area contributed by atoms with Gasteiger partial charge in [0, 0.05) is 6.54 Å². The third-order valence-electron chi connectivity index (χ3n) is 3.78. The van der Waals surface area contributed by atoms with Crippen molar-refractivity contribution in [2.75, 3.05) is 11.5 Å². The molecule has 1 aromatic carbocycles. The van der Waals surface area contributed by atoms with Crippen LogP contribution in [0.2, 0.25) is 0 Å². The van der Waals surface area contributed by atoms with Crippen molar-refractivity contribution in [3.05, 3.63) is 23.8 Å². The number of nitriles is 1. The summed E-state index contributed by atoms with van der Waals surface area (Å²) in [5, 5.41) is 8.66. The van der Waals surface area contributed by atoms with E-state index in [2.05, 4.69) is 11.1 Å². The molecule has 20 heavy (non-hydrogen) atoms. The molecule has 0 bridgehead atoms. The molecule has 2 N–H and O–H groups in total. The highest BCUT2D eigenvalue weighted by molar-refractivity contribution is 7.92. The van der Waals surface area contributed by atoms with E-state index in [1.807, 2.05) is 0 Å². The Hall–Kier alpha value is -2.07. The van der Waals surface area contributed by atoms with E-state index in [1.165, 1.54) is 0 Å². The van der Waals surface area contributed by atoms with Crippen LogP contribution in [0.3, 0.4) is 0 Å². The lowest BCUT2D eigenvalue weighted by Gasteiger charge is -2.12. The molecule has 1 atom stereocenters. The van der Waals surface area contributed by atoms with Crippen molar-refractivity contribution in [1.29, 1.82) is 5.26 Å². The van der Waals surface area contributed by atoms with Crippen molar-refractivity contribution in [3.63, 3.8) is 0 Å². The van der Waals surface area contributed by atoms with Crippen molar-refractivity contribution in [3.8, 4) is 6.07 Å². The third-order valence-corrected chi connectivity index (χ3v) is 6.04. The van der Waals surface area contributed by atoms with Gasteiger partial charge in [-0.05, 0) is 25.0 Å². The Morgan fingerprint density at radius 2 is 2.30 bits per heavy atom. The average molecular weight is 290 g/mol. The summed E-state index contributed by atoms with van der Waals surface area (Å²) in [4.78, 5) is 4.20. The SMILES string of the molecule is N#Cc1cccc2c1nc(N)n2CC1CCCS1(=O)=O. The molecule has 1 aromatic heterocycles. The molecule has 0 aliphatic carbocycles. The van der Waals surface area contributed by atoms with Gasteiger partial charge in [-0.2, -0.15) is 5.26 Å². The van der Waals surface area contributed by atoms with E-state index in [0.717, 1.165) is 0 Å². The number of sulfone groups is 1. The zero-order chi connectivity index (χ0) is 14.3. The Balaban J connectivity index is 2.09. The van der Waals surface area contributed by atoms with Gasteiger partial charge in [0.1, 0.15) is 11.6 Å². The number of nitrogen functional groups attached to an aromatic ring is 1. The number of para-hydroxylation sites is 1. The first-order chi connectivity index (χ1) is 9.53. The van der Waals surface area contributed by atoms with Crippen LogP contribution in [0.4, 0.5) is 5.95 Å². The quantitative estimate of drug-likeness (QED) is 0.891. The molecule has 2 aromatic rings. The largest absolute Gasteiger partial charge is 0.369 e. The van der Waals surface area contributed by atoms with Crippen LogP contribution < -0.4 is 5.73 Å². The van der Waals surface area contributed by atoms with Gasteiger partial charge in [0.25, 0.3) is 0 Å². The molecule has 1 saturated heterocycles. The molecular weight excluding hydrogens is 276 g/mol. The normalized spacial score (nSPS) is 21.1. The zero-order valence-corrected chi connectivity index (χ0v) is 11.6. The first-order valence-corrected chi connectivity index (χ1v) is 8.11. The summed E-state index contributed by atoms with van der Waals surface area (Å²) in [5.74, 6) is 0.498. The lowest BCUT2D eigenvalue weighted by Crippen LogP contribution is -2.23. The van der Waals surface area contributed by atoms with Gasteiger partial charge in [-0.1, -0.05) is 6.07 Å². The van der Waals surface area contributed by atoms with Crippen LogP contribution in [0.15, 0.2) is 18.2 Å². The fourth-order valence-electron chi connectivity index (χ4n) is 2.71. The van der Waals surface area contributed by atoms with Crippen molar-refractivity contribution in [2.45, 2.75) is 24.6 Å². The van der Waals surface area contributed by atoms with Gasteiger partial charge in [0.2, 0.25) is 5.95 Å². The first kappa shape index (κ1) is 12.9. The fourth-order valence-corrected chi connectivity index (χ4v) is 4.52. The van der Waals surface area contributed by atoms with Gasteiger partial charge in [0.05, 0.1) is 22.1 Å². The highest BCUT2D eigenvalue weighted by atomic mass is 32.2. The maximum Gasteiger partial charge on any atom is 0.201 e. The number of hydrogen-bond donors (Lipinski definition) is 1. The lowest BCUT2D eigenvalue weighted by molar-refractivity contribution is 0.571. The number of aromatic nitrogens is 2. The molecule has 0 saturated carbocycles. The summed E-state index contributed by atoms with van der Waals surface area (Å²) in [6.45, 7) is 0.305. The summed E-state index contributed by atoms with van der Waals surface area (Å²) < 4.78 is 25.6. The third kappa shape index (κ3) is 1.93. The summed E-state index contributed by atoms with van der Waals surface area (Å²) in [5.41, 5.74) is 7.58. The van der Waals surface area contributed by atoms with Crippen LogP contribution in [0, 0.1) is 11.3 Å². The molecule has 1 unspecified atom stereocenters. The van der Waals surface area contributed by atoms with Crippen LogP contribution in [0.1, 0.15) is 18.4 Å². The van der Waals surface area contributed by atoms with Gasteiger partial charge in [-0.25, -0.2) is 13.4 Å². The summed E-state index contributed by atoms with van der Waals surface area (Å²) >= 11 is 0. The van der Waals surface area contributed by atoms with Crippen molar-refractivity contribution < 1.29 is 8.42 Å². The Labute approximate surface area is 116 Å². The van der Waals surface area contributed by atoms with Crippen molar-refractivity contribution in [1.82, 2.24) is 9.55 Å². The highest BCUT2D eigenvalue weighted by Crippen LogP contribution is 2.26. The highest BCUT2D eigenvalue weighted by Gasteiger charge is 2.32. The first-order valence-electron chi connectivity index (χ1n) is 6.39. The Morgan fingerprint density at radius 1 is 1.50 bits per heavy atom. The Kier molecular flexibility index (Phi) is 2.91. The molecule has 0 radical (unpaired) electrons. The topological polar surface area (TPSA) is 102 Å². The summed E-state index contributed by atoms with van der Waals surface area (Å²) in [7, 11) is -3.03.